The zero-order valence-corrected chi connectivity index (χ0v) is 14.4. The highest BCUT2D eigenvalue weighted by Crippen LogP contribution is 2.30. The van der Waals surface area contributed by atoms with Gasteiger partial charge < -0.3 is 0 Å². The van der Waals surface area contributed by atoms with Crippen molar-refractivity contribution in [1.29, 1.82) is 0 Å². The van der Waals surface area contributed by atoms with Crippen LogP contribution in [0.2, 0.25) is 4.34 Å². The Morgan fingerprint density at radius 3 is 2.47 bits per heavy atom. The van der Waals surface area contributed by atoms with Crippen molar-refractivity contribution >= 4 is 55.6 Å². The number of sulfonamides is 1. The zero-order valence-electron chi connectivity index (χ0n) is 9.83. The fourth-order valence-electron chi connectivity index (χ4n) is 1.17. The van der Waals surface area contributed by atoms with Crippen molar-refractivity contribution in [3.63, 3.8) is 0 Å². The molecule has 1 unspecified atom stereocenters. The molecule has 0 radical (unpaired) electrons. The Morgan fingerprint density at radius 1 is 1.53 bits per heavy atom. The fraction of sp³-hybridized carbons (Fsp3) is 0.600. The minimum atomic E-state index is -3.44. The van der Waals surface area contributed by atoms with Gasteiger partial charge >= 0.3 is 0 Å². The smallest absolute Gasteiger partial charge is 0.206 e. The van der Waals surface area contributed by atoms with Gasteiger partial charge in [-0.2, -0.15) is 0 Å². The molecule has 1 atom stereocenters. The molecule has 0 aliphatic heterocycles. The average molecular weight is 408 g/mol. The first-order chi connectivity index (χ1) is 7.77. The van der Waals surface area contributed by atoms with Crippen LogP contribution >= 0.6 is 45.5 Å². The van der Waals surface area contributed by atoms with E-state index in [-0.39, 0.29) is 16.2 Å². The second-order valence-corrected chi connectivity index (χ2v) is 8.62. The first kappa shape index (κ1) is 15.7. The van der Waals surface area contributed by atoms with E-state index in [1.54, 1.807) is 13.0 Å². The zero-order chi connectivity index (χ0) is 13.2. The van der Waals surface area contributed by atoms with Gasteiger partial charge in [-0.25, -0.2) is 13.1 Å². The second kappa shape index (κ2) is 6.18. The summed E-state index contributed by atoms with van der Waals surface area (Å²) in [5.41, 5.74) is 0.799. The van der Waals surface area contributed by atoms with Gasteiger partial charge in [0.1, 0.15) is 4.21 Å². The van der Waals surface area contributed by atoms with E-state index in [1.807, 2.05) is 13.8 Å². The molecule has 0 saturated heterocycles. The van der Waals surface area contributed by atoms with Gasteiger partial charge in [0.2, 0.25) is 10.0 Å². The molecule has 1 heterocycles. The lowest BCUT2D eigenvalue weighted by Crippen LogP contribution is -2.39. The van der Waals surface area contributed by atoms with Crippen LogP contribution in [0.15, 0.2) is 10.3 Å². The summed E-state index contributed by atoms with van der Waals surface area (Å²) in [6.45, 7) is 5.80. The van der Waals surface area contributed by atoms with E-state index in [1.165, 1.54) is 0 Å². The second-order valence-electron chi connectivity index (χ2n) is 4.15. The number of thiophene rings is 1. The predicted molar refractivity (Wildman–Crippen MR) is 81.9 cm³/mol. The number of aryl methyl sites for hydroxylation is 1. The molecule has 7 heteroatoms. The van der Waals surface area contributed by atoms with E-state index in [4.69, 9.17) is 11.6 Å². The molecule has 17 heavy (non-hydrogen) atoms. The third-order valence-corrected chi connectivity index (χ3v) is 6.84. The maximum absolute atomic E-state index is 12.1. The number of halogens is 2. The molecule has 0 bridgehead atoms. The van der Waals surface area contributed by atoms with Crippen LogP contribution in [0.25, 0.3) is 0 Å². The molecular weight excluding hydrogens is 393 g/mol. The quantitative estimate of drug-likeness (QED) is 0.600. The summed E-state index contributed by atoms with van der Waals surface area (Å²) in [6, 6.07) is 1.56. The molecule has 0 aliphatic carbocycles. The fourth-order valence-corrected chi connectivity index (χ4v) is 5.81. The van der Waals surface area contributed by atoms with Gasteiger partial charge in [0.15, 0.2) is 0 Å². The third kappa shape index (κ3) is 4.05. The van der Waals surface area contributed by atoms with Crippen LogP contribution in [0.1, 0.15) is 19.4 Å². The number of rotatable bonds is 5. The molecule has 0 amide bonds. The van der Waals surface area contributed by atoms with E-state index in [9.17, 15) is 8.42 Å². The average Bonchev–Trinajstić information content (AvgIpc) is 2.56. The number of nitrogens with one attached hydrogen (secondary N) is 1. The van der Waals surface area contributed by atoms with Crippen LogP contribution in [0.4, 0.5) is 0 Å². The lowest BCUT2D eigenvalue weighted by molar-refractivity contribution is 0.487. The largest absolute Gasteiger partial charge is 0.250 e. The molecular formula is C10H15ClINO2S2. The molecule has 0 fully saturated rings. The minimum Gasteiger partial charge on any atom is -0.206 e. The Kier molecular flexibility index (Phi) is 5.71. The predicted octanol–water partition coefficient (Wildman–Crippen LogP) is 3.45. The number of hydrogen-bond donors (Lipinski definition) is 1. The Balaban J connectivity index is 2.96. The van der Waals surface area contributed by atoms with Crippen LogP contribution in [0.3, 0.4) is 0 Å². The van der Waals surface area contributed by atoms with E-state index in [2.05, 4.69) is 27.3 Å². The Hall–Kier alpha value is 0.630. The molecule has 0 aliphatic rings. The normalized spacial score (nSPS) is 14.2. The van der Waals surface area contributed by atoms with Crippen molar-refractivity contribution in [3.05, 3.63) is 16.0 Å². The summed E-state index contributed by atoms with van der Waals surface area (Å²) in [5.74, 6) is 0.262. The summed E-state index contributed by atoms with van der Waals surface area (Å²) in [5, 5.41) is 0. The maximum atomic E-state index is 12.1. The molecule has 1 aromatic rings. The summed E-state index contributed by atoms with van der Waals surface area (Å²) >= 11 is 9.18. The van der Waals surface area contributed by atoms with Gasteiger partial charge in [0.25, 0.3) is 0 Å². The monoisotopic (exact) mass is 407 g/mol. The molecule has 1 aromatic heterocycles. The van der Waals surface area contributed by atoms with Crippen LogP contribution in [-0.4, -0.2) is 18.9 Å². The lowest BCUT2D eigenvalue weighted by Gasteiger charge is -2.19. The summed E-state index contributed by atoms with van der Waals surface area (Å²) in [6.07, 6.45) is 0. The van der Waals surface area contributed by atoms with E-state index >= 15 is 0 Å². The number of alkyl halides is 1. The van der Waals surface area contributed by atoms with Crippen LogP contribution < -0.4 is 4.72 Å². The minimum absolute atomic E-state index is 0.0539. The van der Waals surface area contributed by atoms with Crippen molar-refractivity contribution in [3.8, 4) is 0 Å². The van der Waals surface area contributed by atoms with E-state index in [0.717, 1.165) is 21.3 Å². The Morgan fingerprint density at radius 2 is 2.12 bits per heavy atom. The summed E-state index contributed by atoms with van der Waals surface area (Å²) in [7, 11) is -3.44. The number of hydrogen-bond acceptors (Lipinski definition) is 3. The van der Waals surface area contributed by atoms with Gasteiger partial charge in [0, 0.05) is 10.5 Å². The van der Waals surface area contributed by atoms with Gasteiger partial charge in [-0.1, -0.05) is 48.0 Å². The molecule has 1 N–H and O–H groups in total. The van der Waals surface area contributed by atoms with Crippen molar-refractivity contribution in [2.45, 2.75) is 31.0 Å². The van der Waals surface area contributed by atoms with Crippen molar-refractivity contribution < 1.29 is 8.42 Å². The highest BCUT2D eigenvalue weighted by molar-refractivity contribution is 14.1. The van der Waals surface area contributed by atoms with E-state index < -0.39 is 10.0 Å². The van der Waals surface area contributed by atoms with Gasteiger partial charge in [-0.15, -0.1) is 11.3 Å². The maximum Gasteiger partial charge on any atom is 0.250 e. The van der Waals surface area contributed by atoms with Crippen molar-refractivity contribution in [2.75, 3.05) is 4.43 Å². The van der Waals surface area contributed by atoms with Crippen molar-refractivity contribution in [2.24, 2.45) is 5.92 Å². The van der Waals surface area contributed by atoms with Gasteiger partial charge in [-0.3, -0.25) is 0 Å². The summed E-state index contributed by atoms with van der Waals surface area (Å²) < 4.78 is 28.5. The molecule has 3 nitrogen and oxygen atoms in total. The van der Waals surface area contributed by atoms with Crippen LogP contribution in [0, 0.1) is 12.8 Å². The first-order valence-electron chi connectivity index (χ1n) is 5.12. The Bertz CT molecular complexity index is 465. The third-order valence-electron chi connectivity index (χ3n) is 2.38. The van der Waals surface area contributed by atoms with E-state index in [0.29, 0.717) is 4.34 Å². The van der Waals surface area contributed by atoms with Gasteiger partial charge in [0.05, 0.1) is 4.34 Å². The highest BCUT2D eigenvalue weighted by Gasteiger charge is 2.23. The van der Waals surface area contributed by atoms with Crippen LogP contribution in [0.5, 0.6) is 0 Å². The lowest BCUT2D eigenvalue weighted by atomic mass is 10.1. The summed E-state index contributed by atoms with van der Waals surface area (Å²) in [4.78, 5) is 0. The van der Waals surface area contributed by atoms with Crippen molar-refractivity contribution in [1.82, 2.24) is 4.72 Å². The van der Waals surface area contributed by atoms with Gasteiger partial charge in [-0.05, 0) is 24.5 Å². The molecule has 0 aromatic carbocycles. The highest BCUT2D eigenvalue weighted by atomic mass is 127. The topological polar surface area (TPSA) is 46.2 Å². The molecule has 1 rings (SSSR count). The molecule has 0 saturated carbocycles. The molecule has 0 spiro atoms. The molecule has 98 valence electrons. The standard InChI is InChI=1S/C10H15ClINO2S2/c1-6(2)8(5-12)13-17(14,15)9-4-7(3)10(11)16-9/h4,6,8,13H,5H2,1-3H3. The van der Waals surface area contributed by atoms with Crippen LogP contribution in [-0.2, 0) is 10.0 Å². The first-order valence-corrected chi connectivity index (χ1v) is 9.32. The SMILES string of the molecule is Cc1cc(S(=O)(=O)NC(CI)C(C)C)sc1Cl. The Labute approximate surface area is 125 Å².